The van der Waals surface area contributed by atoms with Gasteiger partial charge in [0.25, 0.3) is 10.0 Å². The minimum absolute atomic E-state index is 0.154. The number of nitrogens with zero attached hydrogens (tertiary/aromatic N) is 1. The van der Waals surface area contributed by atoms with Crippen LogP contribution in [0.4, 0.5) is 5.69 Å². The van der Waals surface area contributed by atoms with Crippen LogP contribution < -0.4 is 9.04 Å². The number of aryl methyl sites for hydroxylation is 1. The zero-order valence-electron chi connectivity index (χ0n) is 16.0. The van der Waals surface area contributed by atoms with Gasteiger partial charge in [0.2, 0.25) is 0 Å². The molecule has 1 unspecified atom stereocenters. The lowest BCUT2D eigenvalue weighted by atomic mass is 10.1. The number of rotatable bonds is 6. The molecule has 0 radical (unpaired) electrons. The largest absolute Gasteiger partial charge is 0.497 e. The van der Waals surface area contributed by atoms with Crippen LogP contribution in [0.1, 0.15) is 24.1 Å². The number of hydrogen-bond donors (Lipinski definition) is 0. The molecule has 1 atom stereocenters. The van der Waals surface area contributed by atoms with E-state index in [-0.39, 0.29) is 4.90 Å². The number of benzene rings is 3. The van der Waals surface area contributed by atoms with E-state index in [0.29, 0.717) is 16.5 Å². The zero-order valence-corrected chi connectivity index (χ0v) is 17.5. The summed E-state index contributed by atoms with van der Waals surface area (Å²) in [5.74, 6) is 0.659. The predicted octanol–water partition coefficient (Wildman–Crippen LogP) is 5.61. The van der Waals surface area contributed by atoms with Crippen LogP contribution in [0.2, 0.25) is 5.02 Å². The average molecular weight is 416 g/mol. The van der Waals surface area contributed by atoms with E-state index in [4.69, 9.17) is 16.3 Å². The van der Waals surface area contributed by atoms with Crippen LogP contribution in [0.15, 0.2) is 77.7 Å². The fourth-order valence-electron chi connectivity index (χ4n) is 3.01. The second-order valence-electron chi connectivity index (χ2n) is 6.50. The van der Waals surface area contributed by atoms with Gasteiger partial charge in [0.05, 0.1) is 23.7 Å². The summed E-state index contributed by atoms with van der Waals surface area (Å²) in [5.41, 5.74) is 2.27. The van der Waals surface area contributed by atoms with E-state index < -0.39 is 16.1 Å². The van der Waals surface area contributed by atoms with Crippen LogP contribution in [-0.4, -0.2) is 15.5 Å². The predicted molar refractivity (Wildman–Crippen MR) is 114 cm³/mol. The molecule has 146 valence electrons. The molecular formula is C22H22ClNO3S. The van der Waals surface area contributed by atoms with E-state index in [2.05, 4.69) is 0 Å². The van der Waals surface area contributed by atoms with Crippen molar-refractivity contribution in [3.8, 4) is 5.75 Å². The first-order valence-electron chi connectivity index (χ1n) is 8.84. The molecular weight excluding hydrogens is 394 g/mol. The third-order valence-electron chi connectivity index (χ3n) is 4.66. The van der Waals surface area contributed by atoms with E-state index >= 15 is 0 Å². The lowest BCUT2D eigenvalue weighted by Crippen LogP contribution is -2.33. The lowest BCUT2D eigenvalue weighted by molar-refractivity contribution is 0.415. The maximum atomic E-state index is 13.6. The van der Waals surface area contributed by atoms with Crippen molar-refractivity contribution in [2.24, 2.45) is 0 Å². The van der Waals surface area contributed by atoms with Crippen molar-refractivity contribution in [3.63, 3.8) is 0 Å². The Labute approximate surface area is 171 Å². The summed E-state index contributed by atoms with van der Waals surface area (Å²) in [4.78, 5) is 0.154. The van der Waals surface area contributed by atoms with Gasteiger partial charge in [-0.1, -0.05) is 48.0 Å². The van der Waals surface area contributed by atoms with Crippen molar-refractivity contribution in [1.29, 1.82) is 0 Å². The molecule has 0 aliphatic rings. The topological polar surface area (TPSA) is 46.6 Å². The van der Waals surface area contributed by atoms with Gasteiger partial charge in [0.1, 0.15) is 5.75 Å². The smallest absolute Gasteiger partial charge is 0.264 e. The van der Waals surface area contributed by atoms with Crippen molar-refractivity contribution in [2.75, 3.05) is 11.4 Å². The lowest BCUT2D eigenvalue weighted by Gasteiger charge is -2.31. The van der Waals surface area contributed by atoms with Gasteiger partial charge in [-0.2, -0.15) is 0 Å². The van der Waals surface area contributed by atoms with Crippen molar-refractivity contribution in [1.82, 2.24) is 0 Å². The number of halogens is 1. The van der Waals surface area contributed by atoms with Crippen molar-refractivity contribution in [3.05, 3.63) is 88.9 Å². The Hall–Kier alpha value is -2.50. The molecule has 0 aliphatic heterocycles. The minimum Gasteiger partial charge on any atom is -0.497 e. The summed E-state index contributed by atoms with van der Waals surface area (Å²) in [6.45, 7) is 3.71. The Morgan fingerprint density at radius 1 is 0.964 bits per heavy atom. The van der Waals surface area contributed by atoms with Gasteiger partial charge < -0.3 is 4.74 Å². The van der Waals surface area contributed by atoms with Gasteiger partial charge in [-0.05, 0) is 61.4 Å². The number of sulfonamides is 1. The molecule has 0 N–H and O–H groups in total. The highest BCUT2D eigenvalue weighted by Gasteiger charge is 2.30. The van der Waals surface area contributed by atoms with E-state index in [1.165, 1.54) is 10.4 Å². The monoisotopic (exact) mass is 415 g/mol. The molecule has 0 aliphatic carbocycles. The van der Waals surface area contributed by atoms with Crippen LogP contribution in [0.5, 0.6) is 5.75 Å². The summed E-state index contributed by atoms with van der Waals surface area (Å²) in [6.07, 6.45) is 0. The van der Waals surface area contributed by atoms with Gasteiger partial charge in [-0.3, -0.25) is 4.31 Å². The number of anilines is 1. The molecule has 0 saturated carbocycles. The highest BCUT2D eigenvalue weighted by molar-refractivity contribution is 7.92. The Morgan fingerprint density at radius 2 is 1.61 bits per heavy atom. The van der Waals surface area contributed by atoms with E-state index in [0.717, 1.165) is 11.1 Å². The normalized spacial score (nSPS) is 12.4. The van der Waals surface area contributed by atoms with Gasteiger partial charge in [-0.15, -0.1) is 0 Å². The maximum absolute atomic E-state index is 13.6. The molecule has 3 rings (SSSR count). The molecule has 0 saturated heterocycles. The Kier molecular flexibility index (Phi) is 5.96. The van der Waals surface area contributed by atoms with Crippen molar-refractivity contribution >= 4 is 27.3 Å². The summed E-state index contributed by atoms with van der Waals surface area (Å²) >= 11 is 6.21. The van der Waals surface area contributed by atoms with Gasteiger partial charge in [0.15, 0.2) is 0 Å². The molecule has 6 heteroatoms. The molecule has 3 aromatic rings. The van der Waals surface area contributed by atoms with Crippen LogP contribution >= 0.6 is 11.6 Å². The Balaban J connectivity index is 2.15. The molecule has 0 aromatic heterocycles. The third-order valence-corrected chi connectivity index (χ3v) is 6.96. The summed E-state index contributed by atoms with van der Waals surface area (Å²) < 4.78 is 33.8. The van der Waals surface area contributed by atoms with Gasteiger partial charge in [0, 0.05) is 5.02 Å². The average Bonchev–Trinajstić information content (AvgIpc) is 2.71. The molecule has 4 nitrogen and oxygen atoms in total. The summed E-state index contributed by atoms with van der Waals surface area (Å²) in [5, 5.41) is 0.420. The van der Waals surface area contributed by atoms with Crippen molar-refractivity contribution in [2.45, 2.75) is 24.8 Å². The van der Waals surface area contributed by atoms with Gasteiger partial charge in [-0.25, -0.2) is 8.42 Å². The van der Waals surface area contributed by atoms with E-state index in [1.807, 2.05) is 44.2 Å². The second kappa shape index (κ2) is 8.25. The van der Waals surface area contributed by atoms with Crippen LogP contribution in [0.3, 0.4) is 0 Å². The van der Waals surface area contributed by atoms with Crippen LogP contribution in [-0.2, 0) is 10.0 Å². The maximum Gasteiger partial charge on any atom is 0.264 e. The zero-order chi connectivity index (χ0) is 20.3. The second-order valence-corrected chi connectivity index (χ2v) is 8.72. The number of hydrogen-bond acceptors (Lipinski definition) is 3. The Morgan fingerprint density at radius 3 is 2.18 bits per heavy atom. The molecule has 0 fully saturated rings. The van der Waals surface area contributed by atoms with E-state index in [1.54, 1.807) is 43.5 Å². The third kappa shape index (κ3) is 4.01. The molecule has 0 heterocycles. The summed E-state index contributed by atoms with van der Waals surface area (Å²) in [6, 6.07) is 20.9. The standard InChI is InChI=1S/C22H22ClNO3S/c1-16-9-14-21(15-22(16)23)28(25,26)24(17(2)18-7-5-4-6-8-18)19-10-12-20(27-3)13-11-19/h4-15,17H,1-3H3. The Bertz CT molecular complexity index is 1050. The van der Waals surface area contributed by atoms with E-state index in [9.17, 15) is 8.42 Å². The first-order valence-corrected chi connectivity index (χ1v) is 10.7. The first-order chi connectivity index (χ1) is 13.3. The van der Waals surface area contributed by atoms with Crippen LogP contribution in [0, 0.1) is 6.92 Å². The van der Waals surface area contributed by atoms with Gasteiger partial charge >= 0.3 is 0 Å². The number of methoxy groups -OCH3 is 1. The fourth-order valence-corrected chi connectivity index (χ4v) is 4.93. The molecule has 0 spiro atoms. The molecule has 0 bridgehead atoms. The van der Waals surface area contributed by atoms with Crippen LogP contribution in [0.25, 0.3) is 0 Å². The summed E-state index contributed by atoms with van der Waals surface area (Å²) in [7, 11) is -2.28. The molecule has 0 amide bonds. The highest BCUT2D eigenvalue weighted by atomic mass is 35.5. The quantitative estimate of drug-likeness (QED) is 0.525. The first kappa shape index (κ1) is 20.2. The highest BCUT2D eigenvalue weighted by Crippen LogP contribution is 2.35. The SMILES string of the molecule is COc1ccc(N(C(C)c2ccccc2)S(=O)(=O)c2ccc(C)c(Cl)c2)cc1. The molecule has 3 aromatic carbocycles. The minimum atomic E-state index is -3.85. The van der Waals surface area contributed by atoms with Crippen molar-refractivity contribution < 1.29 is 13.2 Å². The fraction of sp³-hybridized carbons (Fsp3) is 0.182. The number of ether oxygens (including phenoxy) is 1. The molecule has 28 heavy (non-hydrogen) atoms.